The van der Waals surface area contributed by atoms with E-state index in [4.69, 9.17) is 4.74 Å². The van der Waals surface area contributed by atoms with Crippen LogP contribution in [0.1, 0.15) is 50.3 Å². The molecule has 0 amide bonds. The molecular formula is C17H28ClNO2S. The molecule has 0 N–H and O–H groups in total. The number of nitrogens with zero attached hydrogens (tertiary/aromatic N) is 1. The molecule has 1 heterocycles. The van der Waals surface area contributed by atoms with Gasteiger partial charge in [0.2, 0.25) is 0 Å². The highest BCUT2D eigenvalue weighted by Crippen LogP contribution is 2.39. The maximum absolute atomic E-state index is 12.6. The number of halogens is 1. The molecule has 126 valence electrons. The molecule has 2 rings (SSSR count). The van der Waals surface area contributed by atoms with Crippen molar-refractivity contribution in [3.8, 4) is 0 Å². The minimum Gasteiger partial charge on any atom is -0.464 e. The second-order valence-electron chi connectivity index (χ2n) is 5.73. The summed E-state index contributed by atoms with van der Waals surface area (Å²) in [5, 5.41) is 2.06. The molecule has 1 aromatic heterocycles. The van der Waals surface area contributed by atoms with Crippen LogP contribution in [0.25, 0.3) is 0 Å². The predicted octanol–water partition coefficient (Wildman–Crippen LogP) is 4.33. The van der Waals surface area contributed by atoms with E-state index in [2.05, 4.69) is 30.2 Å². The lowest BCUT2D eigenvalue weighted by Crippen LogP contribution is -2.29. The summed E-state index contributed by atoms with van der Waals surface area (Å²) in [6.07, 6.45) is 4.82. The van der Waals surface area contributed by atoms with Crippen LogP contribution in [-0.4, -0.2) is 37.1 Å². The first-order valence-corrected chi connectivity index (χ1v) is 9.06. The van der Waals surface area contributed by atoms with Gasteiger partial charge in [0.15, 0.2) is 0 Å². The van der Waals surface area contributed by atoms with Crippen molar-refractivity contribution in [2.75, 3.05) is 26.2 Å². The van der Waals surface area contributed by atoms with Crippen molar-refractivity contribution in [2.45, 2.75) is 45.4 Å². The zero-order valence-electron chi connectivity index (χ0n) is 13.6. The van der Waals surface area contributed by atoms with Gasteiger partial charge in [-0.15, -0.1) is 23.7 Å². The molecule has 1 saturated carbocycles. The fourth-order valence-electron chi connectivity index (χ4n) is 3.20. The third kappa shape index (κ3) is 5.25. The predicted molar refractivity (Wildman–Crippen MR) is 95.0 cm³/mol. The van der Waals surface area contributed by atoms with Crippen LogP contribution in [-0.2, 0) is 9.53 Å². The molecule has 1 aliphatic carbocycles. The summed E-state index contributed by atoms with van der Waals surface area (Å²) in [4.78, 5) is 16.0. The lowest BCUT2D eigenvalue weighted by molar-refractivity contribution is -0.147. The number of ether oxygens (including phenoxy) is 1. The van der Waals surface area contributed by atoms with Crippen LogP contribution in [0.2, 0.25) is 0 Å². The molecule has 1 aromatic rings. The van der Waals surface area contributed by atoms with Crippen molar-refractivity contribution in [3.05, 3.63) is 22.4 Å². The highest BCUT2D eigenvalue weighted by atomic mass is 35.5. The Bertz CT molecular complexity index is 414. The molecule has 5 heteroatoms. The summed E-state index contributed by atoms with van der Waals surface area (Å²) >= 11 is 1.68. The van der Waals surface area contributed by atoms with E-state index in [1.807, 2.05) is 6.07 Å². The fraction of sp³-hybridized carbons (Fsp3) is 0.706. The van der Waals surface area contributed by atoms with E-state index < -0.39 is 0 Å². The van der Waals surface area contributed by atoms with Crippen LogP contribution in [0.3, 0.4) is 0 Å². The Morgan fingerprint density at radius 1 is 1.36 bits per heavy atom. The molecule has 1 unspecified atom stereocenters. The van der Waals surface area contributed by atoms with E-state index in [1.165, 1.54) is 17.7 Å². The van der Waals surface area contributed by atoms with E-state index in [9.17, 15) is 4.79 Å². The molecule has 0 spiro atoms. The first kappa shape index (κ1) is 19.5. The summed E-state index contributed by atoms with van der Waals surface area (Å²) in [7, 11) is 0. The summed E-state index contributed by atoms with van der Waals surface area (Å²) < 4.78 is 5.60. The largest absolute Gasteiger partial charge is 0.464 e. The van der Waals surface area contributed by atoms with Gasteiger partial charge in [-0.25, -0.2) is 0 Å². The SMILES string of the molecule is CCN(CC)CCOC(=O)C(c1cccs1)C1CCCC1.Cl. The van der Waals surface area contributed by atoms with Crippen molar-refractivity contribution in [1.82, 2.24) is 4.90 Å². The second kappa shape index (κ2) is 10.2. The van der Waals surface area contributed by atoms with E-state index in [1.54, 1.807) is 11.3 Å². The van der Waals surface area contributed by atoms with Gasteiger partial charge >= 0.3 is 5.97 Å². The van der Waals surface area contributed by atoms with E-state index >= 15 is 0 Å². The average Bonchev–Trinajstić information content (AvgIpc) is 3.18. The number of esters is 1. The molecule has 1 atom stereocenters. The molecule has 0 bridgehead atoms. The Morgan fingerprint density at radius 3 is 2.59 bits per heavy atom. The number of hydrogen-bond donors (Lipinski definition) is 0. The highest BCUT2D eigenvalue weighted by Gasteiger charge is 2.33. The van der Waals surface area contributed by atoms with Gasteiger partial charge in [0.05, 0.1) is 5.92 Å². The zero-order valence-corrected chi connectivity index (χ0v) is 15.3. The van der Waals surface area contributed by atoms with Crippen molar-refractivity contribution < 1.29 is 9.53 Å². The molecule has 3 nitrogen and oxygen atoms in total. The number of thiophene rings is 1. The van der Waals surface area contributed by atoms with Crippen LogP contribution in [0.5, 0.6) is 0 Å². The molecule has 1 fully saturated rings. The van der Waals surface area contributed by atoms with Gasteiger partial charge in [0, 0.05) is 11.4 Å². The number of hydrogen-bond acceptors (Lipinski definition) is 4. The molecule has 0 aliphatic heterocycles. The van der Waals surface area contributed by atoms with E-state index in [-0.39, 0.29) is 24.3 Å². The Balaban J connectivity index is 0.00000242. The Morgan fingerprint density at radius 2 is 2.05 bits per heavy atom. The quantitative estimate of drug-likeness (QED) is 0.657. The van der Waals surface area contributed by atoms with E-state index in [0.29, 0.717) is 12.5 Å². The minimum atomic E-state index is -0.0378. The maximum Gasteiger partial charge on any atom is 0.314 e. The molecule has 0 radical (unpaired) electrons. The summed E-state index contributed by atoms with van der Waals surface area (Å²) in [5.41, 5.74) is 0. The third-order valence-corrected chi connectivity index (χ3v) is 5.48. The first-order chi connectivity index (χ1) is 10.3. The van der Waals surface area contributed by atoms with Crippen molar-refractivity contribution >= 4 is 29.7 Å². The van der Waals surface area contributed by atoms with Crippen molar-refractivity contribution in [1.29, 1.82) is 0 Å². The Kier molecular flexibility index (Phi) is 9.06. The fourth-order valence-corrected chi connectivity index (χ4v) is 4.11. The van der Waals surface area contributed by atoms with Crippen LogP contribution in [0, 0.1) is 5.92 Å². The lowest BCUT2D eigenvalue weighted by Gasteiger charge is -2.22. The average molecular weight is 346 g/mol. The Hall–Kier alpha value is -0.580. The van der Waals surface area contributed by atoms with Crippen LogP contribution < -0.4 is 0 Å². The van der Waals surface area contributed by atoms with Crippen molar-refractivity contribution in [2.24, 2.45) is 5.92 Å². The maximum atomic E-state index is 12.6. The topological polar surface area (TPSA) is 29.5 Å². The molecule has 1 aliphatic rings. The number of rotatable bonds is 8. The van der Waals surface area contributed by atoms with Gasteiger partial charge in [-0.1, -0.05) is 32.8 Å². The van der Waals surface area contributed by atoms with Gasteiger partial charge in [-0.05, 0) is 43.3 Å². The lowest BCUT2D eigenvalue weighted by atomic mass is 9.89. The summed E-state index contributed by atoms with van der Waals surface area (Å²) in [5.74, 6) is 0.422. The van der Waals surface area contributed by atoms with Gasteiger partial charge in [-0.2, -0.15) is 0 Å². The van der Waals surface area contributed by atoms with Crippen LogP contribution in [0.15, 0.2) is 17.5 Å². The van der Waals surface area contributed by atoms with Gasteiger partial charge < -0.3 is 9.64 Å². The highest BCUT2D eigenvalue weighted by molar-refractivity contribution is 7.10. The number of likely N-dealkylation sites (N-methyl/N-ethyl adjacent to an activating group) is 1. The van der Waals surface area contributed by atoms with Crippen LogP contribution >= 0.6 is 23.7 Å². The second-order valence-corrected chi connectivity index (χ2v) is 6.71. The zero-order chi connectivity index (χ0) is 15.1. The van der Waals surface area contributed by atoms with Gasteiger partial charge in [0.1, 0.15) is 6.61 Å². The molecule has 22 heavy (non-hydrogen) atoms. The standard InChI is InChI=1S/C17H27NO2S.ClH/c1-3-18(4-2)11-12-20-17(19)16(14-8-5-6-9-14)15-10-7-13-21-15;/h7,10,13-14,16H,3-6,8-9,11-12H2,1-2H3;1H. The van der Waals surface area contributed by atoms with Gasteiger partial charge in [-0.3, -0.25) is 4.79 Å². The number of carbonyl (C=O) groups is 1. The molecule has 0 aromatic carbocycles. The van der Waals surface area contributed by atoms with Gasteiger partial charge in [0.25, 0.3) is 0 Å². The number of carbonyl (C=O) groups excluding carboxylic acids is 1. The third-order valence-electron chi connectivity index (χ3n) is 4.52. The normalized spacial score (nSPS) is 16.5. The smallest absolute Gasteiger partial charge is 0.314 e. The molecule has 0 saturated heterocycles. The monoisotopic (exact) mass is 345 g/mol. The van der Waals surface area contributed by atoms with E-state index in [0.717, 1.165) is 32.5 Å². The Labute approximate surface area is 144 Å². The van der Waals surface area contributed by atoms with Crippen molar-refractivity contribution in [3.63, 3.8) is 0 Å². The summed E-state index contributed by atoms with van der Waals surface area (Å²) in [6, 6.07) is 4.12. The first-order valence-electron chi connectivity index (χ1n) is 8.18. The van der Waals surface area contributed by atoms with Crippen LogP contribution in [0.4, 0.5) is 0 Å². The molecular weight excluding hydrogens is 318 g/mol. The minimum absolute atomic E-state index is 0. The summed E-state index contributed by atoms with van der Waals surface area (Å²) in [6.45, 7) is 7.63.